The summed E-state index contributed by atoms with van der Waals surface area (Å²) >= 11 is 1.35. The number of hydrogen-bond donors (Lipinski definition) is 1. The Morgan fingerprint density at radius 3 is 2.61 bits per heavy atom. The third-order valence-corrected chi connectivity index (χ3v) is 4.84. The predicted octanol–water partition coefficient (Wildman–Crippen LogP) is 4.54. The van der Waals surface area contributed by atoms with Gasteiger partial charge in [0.05, 0.1) is 19.9 Å². The minimum atomic E-state index is -0.643. The Balaban J connectivity index is 1.67. The lowest BCUT2D eigenvalue weighted by atomic mass is 10.1. The molecule has 0 aliphatic carbocycles. The van der Waals surface area contributed by atoms with E-state index >= 15 is 0 Å². The van der Waals surface area contributed by atoms with Crippen LogP contribution >= 0.6 is 11.3 Å². The Hall–Kier alpha value is -3.06. The second-order valence-corrected chi connectivity index (χ2v) is 7.03. The van der Waals surface area contributed by atoms with Crippen LogP contribution in [0.15, 0.2) is 47.8 Å². The Labute approximate surface area is 168 Å². The number of carbonyl (C=O) groups is 1. The summed E-state index contributed by atoms with van der Waals surface area (Å²) in [5, 5.41) is 5.19. The highest BCUT2D eigenvalue weighted by Gasteiger charge is 2.17. The summed E-state index contributed by atoms with van der Waals surface area (Å²) in [6, 6.07) is 13.2. The number of amides is 1. The van der Waals surface area contributed by atoms with E-state index in [1.807, 2.05) is 54.8 Å². The zero-order chi connectivity index (χ0) is 20.1. The normalized spacial score (nSPS) is 11.6. The van der Waals surface area contributed by atoms with Crippen LogP contribution in [0, 0.1) is 6.92 Å². The van der Waals surface area contributed by atoms with Gasteiger partial charge in [-0.3, -0.25) is 10.1 Å². The molecule has 1 atom stereocenters. The largest absolute Gasteiger partial charge is 0.493 e. The minimum Gasteiger partial charge on any atom is -0.493 e. The standard InChI is InChI=1S/C21H22N2O4S/c1-13-6-5-7-16(10-13)27-14(2)20(24)23-21-22-17(12-28-21)15-8-9-18(25-3)19(11-15)26-4/h5-12,14H,1-4H3,(H,22,23,24)/t14-/m1/s1. The van der Waals surface area contributed by atoms with Gasteiger partial charge in [-0.1, -0.05) is 12.1 Å². The number of anilines is 1. The van der Waals surface area contributed by atoms with Crippen LogP contribution in [0.3, 0.4) is 0 Å². The van der Waals surface area contributed by atoms with E-state index in [4.69, 9.17) is 14.2 Å². The van der Waals surface area contributed by atoms with Gasteiger partial charge in [-0.25, -0.2) is 4.98 Å². The van der Waals surface area contributed by atoms with E-state index in [2.05, 4.69) is 10.3 Å². The van der Waals surface area contributed by atoms with Crippen LogP contribution in [0.1, 0.15) is 12.5 Å². The summed E-state index contributed by atoms with van der Waals surface area (Å²) in [4.78, 5) is 16.9. The summed E-state index contributed by atoms with van der Waals surface area (Å²) in [5.41, 5.74) is 2.69. The molecule has 1 amide bonds. The zero-order valence-electron chi connectivity index (χ0n) is 16.2. The van der Waals surface area contributed by atoms with E-state index in [0.717, 1.165) is 16.8 Å². The van der Waals surface area contributed by atoms with Crippen LogP contribution in [0.4, 0.5) is 5.13 Å². The molecule has 0 aliphatic heterocycles. The number of rotatable bonds is 7. The Kier molecular flexibility index (Phi) is 6.16. The van der Waals surface area contributed by atoms with E-state index in [1.54, 1.807) is 21.1 Å². The van der Waals surface area contributed by atoms with Gasteiger partial charge in [0.15, 0.2) is 22.7 Å². The van der Waals surface area contributed by atoms with Crippen molar-refractivity contribution < 1.29 is 19.0 Å². The van der Waals surface area contributed by atoms with Crippen LogP contribution in [0.2, 0.25) is 0 Å². The molecule has 6 nitrogen and oxygen atoms in total. The highest BCUT2D eigenvalue weighted by molar-refractivity contribution is 7.14. The maximum atomic E-state index is 12.4. The molecule has 0 unspecified atom stereocenters. The number of hydrogen-bond acceptors (Lipinski definition) is 6. The lowest BCUT2D eigenvalue weighted by Gasteiger charge is -2.14. The van der Waals surface area contributed by atoms with Crippen molar-refractivity contribution in [3.05, 3.63) is 53.4 Å². The molecule has 3 aromatic rings. The van der Waals surface area contributed by atoms with Gasteiger partial charge in [0, 0.05) is 10.9 Å². The molecule has 0 radical (unpaired) electrons. The fourth-order valence-corrected chi connectivity index (χ4v) is 3.34. The zero-order valence-corrected chi connectivity index (χ0v) is 17.0. The van der Waals surface area contributed by atoms with Gasteiger partial charge >= 0.3 is 0 Å². The average molecular weight is 398 g/mol. The molecule has 1 N–H and O–H groups in total. The summed E-state index contributed by atoms with van der Waals surface area (Å²) in [6.07, 6.45) is -0.643. The van der Waals surface area contributed by atoms with E-state index in [9.17, 15) is 4.79 Å². The van der Waals surface area contributed by atoms with E-state index in [1.165, 1.54) is 11.3 Å². The molecule has 0 saturated heterocycles. The summed E-state index contributed by atoms with van der Waals surface area (Å²) in [5.74, 6) is 1.68. The first-order valence-electron chi connectivity index (χ1n) is 8.72. The van der Waals surface area contributed by atoms with Crippen molar-refractivity contribution in [3.63, 3.8) is 0 Å². The van der Waals surface area contributed by atoms with Crippen LogP contribution in [-0.2, 0) is 4.79 Å². The maximum absolute atomic E-state index is 12.4. The van der Waals surface area contributed by atoms with Crippen molar-refractivity contribution in [3.8, 4) is 28.5 Å². The first kappa shape index (κ1) is 19.7. The lowest BCUT2D eigenvalue weighted by molar-refractivity contribution is -0.122. The summed E-state index contributed by atoms with van der Waals surface area (Å²) < 4.78 is 16.3. The highest BCUT2D eigenvalue weighted by Crippen LogP contribution is 2.33. The van der Waals surface area contributed by atoms with Gasteiger partial charge in [-0.2, -0.15) is 0 Å². The number of aromatic nitrogens is 1. The Morgan fingerprint density at radius 1 is 1.11 bits per heavy atom. The first-order chi connectivity index (χ1) is 13.5. The number of aryl methyl sites for hydroxylation is 1. The molecule has 0 bridgehead atoms. The average Bonchev–Trinajstić information content (AvgIpc) is 3.15. The van der Waals surface area contributed by atoms with Crippen molar-refractivity contribution >= 4 is 22.4 Å². The third-order valence-electron chi connectivity index (χ3n) is 4.09. The number of thiazole rings is 1. The molecule has 0 aliphatic rings. The third kappa shape index (κ3) is 4.61. The Morgan fingerprint density at radius 2 is 1.89 bits per heavy atom. The van der Waals surface area contributed by atoms with Crippen LogP contribution in [-0.4, -0.2) is 31.2 Å². The first-order valence-corrected chi connectivity index (χ1v) is 9.60. The number of carbonyl (C=O) groups excluding carboxylic acids is 1. The number of ether oxygens (including phenoxy) is 3. The molecule has 0 saturated carbocycles. The van der Waals surface area contributed by atoms with E-state index < -0.39 is 6.10 Å². The van der Waals surface area contributed by atoms with Crippen molar-refractivity contribution in [1.29, 1.82) is 0 Å². The second-order valence-electron chi connectivity index (χ2n) is 6.17. The van der Waals surface area contributed by atoms with Crippen molar-refractivity contribution in [2.75, 3.05) is 19.5 Å². The smallest absolute Gasteiger partial charge is 0.266 e. The van der Waals surface area contributed by atoms with Gasteiger partial charge in [0.25, 0.3) is 5.91 Å². The Bertz CT molecular complexity index is 971. The minimum absolute atomic E-state index is 0.255. The highest BCUT2D eigenvalue weighted by atomic mass is 32.1. The molecule has 1 heterocycles. The van der Waals surface area contributed by atoms with Gasteiger partial charge in [-0.15, -0.1) is 11.3 Å². The molecule has 28 heavy (non-hydrogen) atoms. The number of methoxy groups -OCH3 is 2. The fourth-order valence-electron chi connectivity index (χ4n) is 2.61. The molecule has 3 rings (SSSR count). The summed E-state index contributed by atoms with van der Waals surface area (Å²) in [6.45, 7) is 3.68. The number of nitrogens with zero attached hydrogens (tertiary/aromatic N) is 1. The van der Waals surface area contributed by atoms with Crippen molar-refractivity contribution in [1.82, 2.24) is 4.98 Å². The van der Waals surface area contributed by atoms with Crippen molar-refractivity contribution in [2.45, 2.75) is 20.0 Å². The van der Waals surface area contributed by atoms with E-state index in [-0.39, 0.29) is 5.91 Å². The molecular weight excluding hydrogens is 376 g/mol. The molecule has 0 fully saturated rings. The van der Waals surface area contributed by atoms with Gasteiger partial charge in [-0.05, 0) is 49.7 Å². The fraction of sp³-hybridized carbons (Fsp3) is 0.238. The molecule has 0 spiro atoms. The van der Waals surface area contributed by atoms with Crippen LogP contribution in [0.5, 0.6) is 17.2 Å². The van der Waals surface area contributed by atoms with E-state index in [0.29, 0.717) is 22.4 Å². The SMILES string of the molecule is COc1ccc(-c2csc(NC(=O)[C@@H](C)Oc3cccc(C)c3)n2)cc1OC. The monoisotopic (exact) mass is 398 g/mol. The number of nitrogens with one attached hydrogen (secondary N) is 1. The second kappa shape index (κ2) is 8.75. The molecular formula is C21H22N2O4S. The maximum Gasteiger partial charge on any atom is 0.266 e. The van der Waals surface area contributed by atoms with Gasteiger partial charge in [0.1, 0.15) is 5.75 Å². The number of benzene rings is 2. The molecule has 146 valence electrons. The lowest BCUT2D eigenvalue weighted by Crippen LogP contribution is -2.30. The van der Waals surface area contributed by atoms with Crippen molar-refractivity contribution in [2.24, 2.45) is 0 Å². The van der Waals surface area contributed by atoms with Gasteiger partial charge in [0.2, 0.25) is 0 Å². The topological polar surface area (TPSA) is 69.7 Å². The van der Waals surface area contributed by atoms with Crippen LogP contribution in [0.25, 0.3) is 11.3 Å². The van der Waals surface area contributed by atoms with Gasteiger partial charge < -0.3 is 14.2 Å². The molecule has 7 heteroatoms. The summed E-state index contributed by atoms with van der Waals surface area (Å²) in [7, 11) is 3.18. The van der Waals surface area contributed by atoms with Crippen LogP contribution < -0.4 is 19.5 Å². The quantitative estimate of drug-likeness (QED) is 0.633. The predicted molar refractivity (Wildman–Crippen MR) is 111 cm³/mol. The molecule has 1 aromatic heterocycles. The molecule has 2 aromatic carbocycles.